The summed E-state index contributed by atoms with van der Waals surface area (Å²) in [6.45, 7) is 0.769. The first kappa shape index (κ1) is 14.9. The number of aromatic nitrogens is 2. The van der Waals surface area contributed by atoms with Crippen LogP contribution in [0.5, 0.6) is 0 Å². The number of ether oxygens (including phenoxy) is 1. The zero-order valence-electron chi connectivity index (χ0n) is 12.8. The van der Waals surface area contributed by atoms with E-state index < -0.39 is 5.97 Å². The summed E-state index contributed by atoms with van der Waals surface area (Å²) in [7, 11) is 1.35. The second-order valence-corrected chi connectivity index (χ2v) is 5.26. The lowest BCUT2D eigenvalue weighted by Gasteiger charge is -2.06. The molecule has 0 aliphatic rings. The van der Waals surface area contributed by atoms with Gasteiger partial charge in [-0.25, -0.2) is 9.78 Å². The number of nitrogens with two attached hydrogens (primary N) is 1. The molecule has 0 saturated carbocycles. The maximum atomic E-state index is 11.5. The first-order chi connectivity index (χ1) is 11.2. The zero-order chi connectivity index (χ0) is 16.2. The number of hydrogen-bond donors (Lipinski definition) is 3. The van der Waals surface area contributed by atoms with Gasteiger partial charge in [0.05, 0.1) is 19.0 Å². The van der Waals surface area contributed by atoms with Crippen LogP contribution in [0.15, 0.2) is 42.6 Å². The van der Waals surface area contributed by atoms with Crippen molar-refractivity contribution < 1.29 is 9.53 Å². The molecule has 4 N–H and O–H groups in total. The number of rotatable bonds is 5. The van der Waals surface area contributed by atoms with Gasteiger partial charge in [0.1, 0.15) is 11.3 Å². The molecule has 0 radical (unpaired) electrons. The summed E-state index contributed by atoms with van der Waals surface area (Å²) in [6, 6.07) is 11.5. The number of benzene rings is 1. The van der Waals surface area contributed by atoms with Crippen molar-refractivity contribution in [3.63, 3.8) is 0 Å². The van der Waals surface area contributed by atoms with Crippen LogP contribution in [0.2, 0.25) is 0 Å². The van der Waals surface area contributed by atoms with E-state index in [9.17, 15) is 4.79 Å². The van der Waals surface area contributed by atoms with E-state index in [-0.39, 0.29) is 0 Å². The number of nitrogens with one attached hydrogen (secondary N) is 2. The summed E-state index contributed by atoms with van der Waals surface area (Å²) in [6.07, 6.45) is 2.60. The number of hydrogen-bond acceptors (Lipinski definition) is 5. The number of nitrogens with zero attached hydrogens (tertiary/aromatic N) is 1. The number of pyridine rings is 1. The van der Waals surface area contributed by atoms with E-state index in [0.29, 0.717) is 11.3 Å². The first-order valence-electron chi connectivity index (χ1n) is 7.31. The fraction of sp³-hybridized carbons (Fsp3) is 0.176. The van der Waals surface area contributed by atoms with E-state index in [1.807, 2.05) is 30.3 Å². The topological polar surface area (TPSA) is 93.0 Å². The third-order valence-corrected chi connectivity index (χ3v) is 3.57. The van der Waals surface area contributed by atoms with Gasteiger partial charge in [-0.05, 0) is 36.2 Å². The van der Waals surface area contributed by atoms with Crippen LogP contribution < -0.4 is 11.1 Å². The maximum absolute atomic E-state index is 11.5. The highest BCUT2D eigenvalue weighted by Crippen LogP contribution is 2.18. The second-order valence-electron chi connectivity index (χ2n) is 5.26. The van der Waals surface area contributed by atoms with E-state index in [0.717, 1.165) is 29.7 Å². The average Bonchev–Trinajstić information content (AvgIpc) is 2.97. The molecule has 3 aromatic rings. The molecule has 0 aliphatic carbocycles. The Morgan fingerprint density at radius 1 is 1.35 bits per heavy atom. The van der Waals surface area contributed by atoms with Crippen LogP contribution in [0.25, 0.3) is 11.0 Å². The summed E-state index contributed by atoms with van der Waals surface area (Å²) in [5.41, 5.74) is 9.68. The number of anilines is 2. The maximum Gasteiger partial charge on any atom is 0.354 e. The van der Waals surface area contributed by atoms with Gasteiger partial charge in [-0.15, -0.1) is 0 Å². The van der Waals surface area contributed by atoms with Gasteiger partial charge in [0, 0.05) is 17.6 Å². The molecule has 2 aromatic heterocycles. The molecule has 1 aromatic carbocycles. The van der Waals surface area contributed by atoms with Crippen molar-refractivity contribution in [2.45, 2.75) is 6.42 Å². The third kappa shape index (κ3) is 3.42. The Morgan fingerprint density at radius 2 is 2.22 bits per heavy atom. The van der Waals surface area contributed by atoms with Crippen LogP contribution in [0.1, 0.15) is 16.1 Å². The van der Waals surface area contributed by atoms with Crippen LogP contribution in [0.4, 0.5) is 11.4 Å². The number of carbonyl (C=O) groups excluding carboxylic acids is 1. The molecule has 118 valence electrons. The predicted molar refractivity (Wildman–Crippen MR) is 90.5 cm³/mol. The van der Waals surface area contributed by atoms with Gasteiger partial charge in [-0.2, -0.15) is 0 Å². The van der Waals surface area contributed by atoms with Crippen LogP contribution in [-0.4, -0.2) is 29.6 Å². The predicted octanol–water partition coefficient (Wildman–Crippen LogP) is 2.59. The normalized spacial score (nSPS) is 10.7. The van der Waals surface area contributed by atoms with Gasteiger partial charge in [0.15, 0.2) is 0 Å². The van der Waals surface area contributed by atoms with Crippen LogP contribution >= 0.6 is 0 Å². The SMILES string of the molecule is COC(=O)c1cc2cc(NCCc3cccc(N)c3)cnc2[nH]1. The Labute approximate surface area is 133 Å². The summed E-state index contributed by atoms with van der Waals surface area (Å²) in [4.78, 5) is 18.8. The highest BCUT2D eigenvalue weighted by molar-refractivity contribution is 5.94. The van der Waals surface area contributed by atoms with Crippen molar-refractivity contribution in [2.75, 3.05) is 24.7 Å². The van der Waals surface area contributed by atoms with Gasteiger partial charge in [-0.1, -0.05) is 12.1 Å². The lowest BCUT2D eigenvalue weighted by atomic mass is 10.1. The van der Waals surface area contributed by atoms with Crippen LogP contribution in [0, 0.1) is 0 Å². The van der Waals surface area contributed by atoms with E-state index in [1.54, 1.807) is 12.3 Å². The molecule has 6 nitrogen and oxygen atoms in total. The Balaban J connectivity index is 1.67. The van der Waals surface area contributed by atoms with E-state index in [1.165, 1.54) is 12.7 Å². The van der Waals surface area contributed by atoms with Gasteiger partial charge in [0.25, 0.3) is 0 Å². The fourth-order valence-corrected chi connectivity index (χ4v) is 2.43. The molecule has 0 amide bonds. The smallest absolute Gasteiger partial charge is 0.354 e. The van der Waals surface area contributed by atoms with Gasteiger partial charge < -0.3 is 20.8 Å². The number of methoxy groups -OCH3 is 1. The Hall–Kier alpha value is -3.02. The quantitative estimate of drug-likeness (QED) is 0.497. The molecular weight excluding hydrogens is 292 g/mol. The highest BCUT2D eigenvalue weighted by atomic mass is 16.5. The van der Waals surface area contributed by atoms with Gasteiger partial charge >= 0.3 is 5.97 Å². The van der Waals surface area contributed by atoms with E-state index in [2.05, 4.69) is 15.3 Å². The van der Waals surface area contributed by atoms with E-state index in [4.69, 9.17) is 10.5 Å². The minimum absolute atomic E-state index is 0.395. The fourth-order valence-electron chi connectivity index (χ4n) is 2.43. The molecule has 0 atom stereocenters. The first-order valence-corrected chi connectivity index (χ1v) is 7.31. The molecule has 0 bridgehead atoms. The van der Waals surface area contributed by atoms with Crippen LogP contribution in [-0.2, 0) is 11.2 Å². The van der Waals surface area contributed by atoms with Crippen molar-refractivity contribution in [3.8, 4) is 0 Å². The lowest BCUT2D eigenvalue weighted by molar-refractivity contribution is 0.0595. The summed E-state index contributed by atoms with van der Waals surface area (Å²) >= 11 is 0. The van der Waals surface area contributed by atoms with Gasteiger partial charge in [0.2, 0.25) is 0 Å². The summed E-state index contributed by atoms with van der Waals surface area (Å²) in [5.74, 6) is -0.404. The molecule has 6 heteroatoms. The Kier molecular flexibility index (Phi) is 4.14. The number of esters is 1. The van der Waals surface area contributed by atoms with Crippen molar-refractivity contribution in [1.29, 1.82) is 0 Å². The molecule has 0 saturated heterocycles. The van der Waals surface area contributed by atoms with Crippen molar-refractivity contribution in [3.05, 3.63) is 53.9 Å². The third-order valence-electron chi connectivity index (χ3n) is 3.57. The van der Waals surface area contributed by atoms with E-state index >= 15 is 0 Å². The molecule has 0 spiro atoms. The highest BCUT2D eigenvalue weighted by Gasteiger charge is 2.10. The number of aromatic amines is 1. The zero-order valence-corrected chi connectivity index (χ0v) is 12.8. The van der Waals surface area contributed by atoms with Crippen molar-refractivity contribution >= 4 is 28.4 Å². The average molecular weight is 310 g/mol. The monoisotopic (exact) mass is 310 g/mol. The lowest BCUT2D eigenvalue weighted by Crippen LogP contribution is -2.05. The number of fused-ring (bicyclic) bond motifs is 1. The molecule has 3 rings (SSSR count). The Morgan fingerprint density at radius 3 is 3.00 bits per heavy atom. The number of nitrogen functional groups attached to an aromatic ring is 1. The second kappa shape index (κ2) is 6.39. The standard InChI is InChI=1S/C17H18N4O2/c1-23-17(22)15-9-12-8-14(10-20-16(12)21-15)19-6-5-11-3-2-4-13(18)7-11/h2-4,7-10,19H,5-6,18H2,1H3,(H,20,21). The minimum Gasteiger partial charge on any atom is -0.464 e. The summed E-state index contributed by atoms with van der Waals surface area (Å²) < 4.78 is 4.70. The molecule has 0 unspecified atom stereocenters. The molecular formula is C17H18N4O2. The summed E-state index contributed by atoms with van der Waals surface area (Å²) in [5, 5.41) is 4.18. The molecule has 23 heavy (non-hydrogen) atoms. The largest absolute Gasteiger partial charge is 0.464 e. The molecule has 2 heterocycles. The Bertz CT molecular complexity index is 841. The molecule has 0 aliphatic heterocycles. The van der Waals surface area contributed by atoms with Crippen molar-refractivity contribution in [2.24, 2.45) is 0 Å². The van der Waals surface area contributed by atoms with Gasteiger partial charge in [-0.3, -0.25) is 0 Å². The van der Waals surface area contributed by atoms with Crippen LogP contribution in [0.3, 0.4) is 0 Å². The minimum atomic E-state index is -0.404. The molecule has 0 fully saturated rings. The van der Waals surface area contributed by atoms with Crippen molar-refractivity contribution in [1.82, 2.24) is 9.97 Å². The number of H-pyrrole nitrogens is 1. The number of carbonyl (C=O) groups is 1.